The van der Waals surface area contributed by atoms with Gasteiger partial charge in [0.1, 0.15) is 0 Å². The van der Waals surface area contributed by atoms with Crippen LogP contribution in [0.2, 0.25) is 0 Å². The topological polar surface area (TPSA) is 75.8 Å². The third kappa shape index (κ3) is 5.37. The number of hydrogen-bond acceptors (Lipinski definition) is 3. The highest BCUT2D eigenvalue weighted by Gasteiger charge is 2.29. The Morgan fingerprint density at radius 3 is 2.63 bits per heavy atom. The van der Waals surface area contributed by atoms with Crippen molar-refractivity contribution in [3.8, 4) is 0 Å². The van der Waals surface area contributed by atoms with Crippen molar-refractivity contribution in [2.75, 3.05) is 26.3 Å². The molecule has 1 heterocycles. The molecule has 0 unspecified atom stereocenters. The molecule has 0 bridgehead atoms. The van der Waals surface area contributed by atoms with Crippen LogP contribution in [0.3, 0.4) is 0 Å². The minimum Gasteiger partial charge on any atom is -0.465 e. The molecule has 1 saturated heterocycles. The highest BCUT2D eigenvalue weighted by molar-refractivity contribution is 5.66. The largest absolute Gasteiger partial charge is 0.465 e. The lowest BCUT2D eigenvalue weighted by Gasteiger charge is -2.36. The fraction of sp³-hybridized carbons (Fsp3) is 0.929. The summed E-state index contributed by atoms with van der Waals surface area (Å²) in [5, 5.41) is 9.32. The molecule has 1 aliphatic heterocycles. The van der Waals surface area contributed by atoms with E-state index >= 15 is 0 Å². The molecule has 1 amide bonds. The molecule has 3 N–H and O–H groups in total. The molecule has 0 spiro atoms. The summed E-state index contributed by atoms with van der Waals surface area (Å²) in [5.74, 6) is 0.736. The average molecular weight is 272 g/mol. The first-order chi connectivity index (χ1) is 8.84. The fourth-order valence-electron chi connectivity index (χ4n) is 2.61. The van der Waals surface area contributed by atoms with Gasteiger partial charge in [0.05, 0.1) is 0 Å². The van der Waals surface area contributed by atoms with Gasteiger partial charge in [-0.25, -0.2) is 4.79 Å². The molecule has 5 heteroatoms. The summed E-state index contributed by atoms with van der Waals surface area (Å²) in [6, 6.07) is 0. The number of hydrogen-bond donors (Lipinski definition) is 2. The van der Waals surface area contributed by atoms with Gasteiger partial charge in [0.15, 0.2) is 0 Å². The van der Waals surface area contributed by atoms with Gasteiger partial charge in [0.25, 0.3) is 0 Å². The lowest BCUT2D eigenvalue weighted by atomic mass is 9.89. The molecular weight excluding hydrogens is 244 g/mol. The van der Waals surface area contributed by atoms with Crippen molar-refractivity contribution in [1.29, 1.82) is 0 Å². The van der Waals surface area contributed by atoms with Gasteiger partial charge in [-0.1, -0.05) is 0 Å². The summed E-state index contributed by atoms with van der Waals surface area (Å²) in [5.41, 5.74) is 5.43. The first-order valence-electron chi connectivity index (χ1n) is 7.13. The van der Waals surface area contributed by atoms with Crippen molar-refractivity contribution in [2.24, 2.45) is 17.6 Å². The molecule has 0 aromatic carbocycles. The van der Waals surface area contributed by atoms with Gasteiger partial charge in [-0.15, -0.1) is 0 Å². The lowest BCUT2D eigenvalue weighted by Crippen LogP contribution is -2.48. The van der Waals surface area contributed by atoms with Crippen LogP contribution in [-0.2, 0) is 4.74 Å². The van der Waals surface area contributed by atoms with Crippen LogP contribution in [0.25, 0.3) is 0 Å². The van der Waals surface area contributed by atoms with Crippen LogP contribution in [0.5, 0.6) is 0 Å². The van der Waals surface area contributed by atoms with Gasteiger partial charge in [-0.05, 0) is 58.4 Å². The van der Waals surface area contributed by atoms with Crippen LogP contribution in [-0.4, -0.2) is 47.9 Å². The third-order valence-corrected chi connectivity index (χ3v) is 3.74. The highest BCUT2D eigenvalue weighted by atomic mass is 16.5. The zero-order valence-corrected chi connectivity index (χ0v) is 12.4. The van der Waals surface area contributed by atoms with Crippen LogP contribution >= 0.6 is 0 Å². The first kappa shape index (κ1) is 16.2. The molecule has 1 aliphatic rings. The summed E-state index contributed by atoms with van der Waals surface area (Å²) in [6.45, 7) is 8.42. The molecule has 0 saturated carbocycles. The van der Waals surface area contributed by atoms with Crippen LogP contribution in [0.1, 0.15) is 40.0 Å². The summed E-state index contributed by atoms with van der Waals surface area (Å²) < 4.78 is 5.48. The predicted octanol–water partition coefficient (Wildman–Crippen LogP) is 2.16. The van der Waals surface area contributed by atoms with Crippen molar-refractivity contribution >= 4 is 6.09 Å². The molecule has 0 aliphatic carbocycles. The maximum absolute atomic E-state index is 11.4. The Balaban J connectivity index is 2.55. The zero-order valence-electron chi connectivity index (χ0n) is 12.4. The minimum atomic E-state index is -0.870. The second kappa shape index (κ2) is 7.10. The molecule has 19 heavy (non-hydrogen) atoms. The van der Waals surface area contributed by atoms with E-state index in [4.69, 9.17) is 10.5 Å². The Labute approximate surface area is 116 Å². The Morgan fingerprint density at radius 1 is 1.53 bits per heavy atom. The van der Waals surface area contributed by atoms with Gasteiger partial charge in [-0.2, -0.15) is 0 Å². The number of nitrogens with two attached hydrogens (primary N) is 1. The Morgan fingerprint density at radius 2 is 2.21 bits per heavy atom. The van der Waals surface area contributed by atoms with E-state index in [0.717, 1.165) is 26.1 Å². The summed E-state index contributed by atoms with van der Waals surface area (Å²) in [7, 11) is 0. The van der Waals surface area contributed by atoms with E-state index in [9.17, 15) is 9.90 Å². The van der Waals surface area contributed by atoms with Crippen molar-refractivity contribution in [3.05, 3.63) is 0 Å². The summed E-state index contributed by atoms with van der Waals surface area (Å²) >= 11 is 0. The van der Waals surface area contributed by atoms with Gasteiger partial charge in [0.2, 0.25) is 0 Å². The van der Waals surface area contributed by atoms with E-state index in [2.05, 4.69) is 0 Å². The van der Waals surface area contributed by atoms with Crippen LogP contribution in [0, 0.1) is 11.8 Å². The molecule has 112 valence electrons. The van der Waals surface area contributed by atoms with E-state index in [1.54, 1.807) is 0 Å². The molecule has 1 rings (SSSR count). The predicted molar refractivity (Wildman–Crippen MR) is 75.2 cm³/mol. The molecule has 0 aromatic rings. The van der Waals surface area contributed by atoms with E-state index in [-0.39, 0.29) is 11.5 Å². The van der Waals surface area contributed by atoms with Gasteiger partial charge < -0.3 is 20.5 Å². The van der Waals surface area contributed by atoms with Crippen LogP contribution < -0.4 is 5.73 Å². The first-order valence-corrected chi connectivity index (χ1v) is 7.13. The van der Waals surface area contributed by atoms with Gasteiger partial charge in [-0.3, -0.25) is 0 Å². The molecule has 0 aromatic heterocycles. The number of rotatable bonds is 5. The fourth-order valence-corrected chi connectivity index (χ4v) is 2.61. The Kier molecular flexibility index (Phi) is 6.07. The minimum absolute atomic E-state index is 0.210. The van der Waals surface area contributed by atoms with E-state index in [1.807, 2.05) is 20.8 Å². The van der Waals surface area contributed by atoms with E-state index in [0.29, 0.717) is 19.0 Å². The maximum Gasteiger partial charge on any atom is 0.407 e. The van der Waals surface area contributed by atoms with Crippen LogP contribution in [0.4, 0.5) is 4.79 Å². The van der Waals surface area contributed by atoms with Crippen LogP contribution in [0.15, 0.2) is 0 Å². The normalized spacial score (nSPS) is 22.0. The second-order valence-electron chi connectivity index (χ2n) is 6.48. The molecule has 2 atom stereocenters. The zero-order chi connectivity index (χ0) is 14.5. The molecule has 5 nitrogen and oxygen atoms in total. The third-order valence-electron chi connectivity index (χ3n) is 3.74. The standard InChI is InChI=1S/C14H28N2O3/c1-14(2,3)16(13(17)18)9-12(8-15)7-11-5-4-6-19-10-11/h11-12H,4-10,15H2,1-3H3,(H,17,18)/t11-,12-/m1/s1. The number of carboxylic acid groups (broad SMARTS) is 1. The van der Waals surface area contributed by atoms with Crippen molar-refractivity contribution in [3.63, 3.8) is 0 Å². The number of amides is 1. The summed E-state index contributed by atoms with van der Waals surface area (Å²) in [4.78, 5) is 12.8. The molecule has 0 radical (unpaired) electrons. The van der Waals surface area contributed by atoms with E-state index in [1.165, 1.54) is 11.3 Å². The quantitative estimate of drug-likeness (QED) is 0.804. The molecular formula is C14H28N2O3. The van der Waals surface area contributed by atoms with Crippen molar-refractivity contribution in [1.82, 2.24) is 4.90 Å². The lowest BCUT2D eigenvalue weighted by molar-refractivity contribution is 0.0383. The number of carbonyl (C=O) groups is 1. The number of ether oxygens (including phenoxy) is 1. The Hall–Kier alpha value is -0.810. The number of nitrogens with zero attached hydrogens (tertiary/aromatic N) is 1. The Bertz CT molecular complexity index is 283. The van der Waals surface area contributed by atoms with Crippen molar-refractivity contribution < 1.29 is 14.6 Å². The highest BCUT2D eigenvalue weighted by Crippen LogP contribution is 2.24. The smallest absolute Gasteiger partial charge is 0.407 e. The second-order valence-corrected chi connectivity index (χ2v) is 6.48. The monoisotopic (exact) mass is 272 g/mol. The van der Waals surface area contributed by atoms with Gasteiger partial charge >= 0.3 is 6.09 Å². The summed E-state index contributed by atoms with van der Waals surface area (Å²) in [6.07, 6.45) is 2.35. The molecule has 1 fully saturated rings. The van der Waals surface area contributed by atoms with Crippen molar-refractivity contribution in [2.45, 2.75) is 45.6 Å². The van der Waals surface area contributed by atoms with E-state index < -0.39 is 6.09 Å². The SMILES string of the molecule is CC(C)(C)N(C[C@@H](CN)C[C@H]1CCCOC1)C(=O)O. The maximum atomic E-state index is 11.4. The average Bonchev–Trinajstić information content (AvgIpc) is 2.33. The van der Waals surface area contributed by atoms with Gasteiger partial charge in [0, 0.05) is 25.3 Å².